The SMILES string of the molecule is Cc1cc(C[C@H](NC(=O)OC(C)(C)C)C(=O)O)c(C)cc1O. The van der Waals surface area contributed by atoms with Crippen molar-refractivity contribution in [1.29, 1.82) is 0 Å². The number of aliphatic carboxylic acids is 1. The van der Waals surface area contributed by atoms with Gasteiger partial charge in [0.15, 0.2) is 0 Å². The molecule has 0 spiro atoms. The van der Waals surface area contributed by atoms with Gasteiger partial charge in [0.05, 0.1) is 0 Å². The zero-order valence-electron chi connectivity index (χ0n) is 13.6. The highest BCUT2D eigenvalue weighted by Crippen LogP contribution is 2.22. The molecule has 1 rings (SSSR count). The first kappa shape index (κ1) is 17.8. The van der Waals surface area contributed by atoms with Crippen molar-refractivity contribution in [2.75, 3.05) is 0 Å². The lowest BCUT2D eigenvalue weighted by Gasteiger charge is -2.22. The molecule has 6 nitrogen and oxygen atoms in total. The number of benzene rings is 1. The fraction of sp³-hybridized carbons (Fsp3) is 0.500. The van der Waals surface area contributed by atoms with Gasteiger partial charge in [0.2, 0.25) is 0 Å². The average molecular weight is 309 g/mol. The smallest absolute Gasteiger partial charge is 0.408 e. The third kappa shape index (κ3) is 5.27. The van der Waals surface area contributed by atoms with E-state index in [0.29, 0.717) is 5.56 Å². The van der Waals surface area contributed by atoms with E-state index in [4.69, 9.17) is 4.74 Å². The second kappa shape index (κ2) is 6.68. The van der Waals surface area contributed by atoms with E-state index in [9.17, 15) is 19.8 Å². The van der Waals surface area contributed by atoms with Crippen LogP contribution in [0.25, 0.3) is 0 Å². The van der Waals surface area contributed by atoms with Crippen LogP contribution in [0.5, 0.6) is 5.75 Å². The fourth-order valence-electron chi connectivity index (χ4n) is 1.95. The third-order valence-electron chi connectivity index (χ3n) is 3.07. The number of rotatable bonds is 4. The van der Waals surface area contributed by atoms with Crippen LogP contribution >= 0.6 is 0 Å². The van der Waals surface area contributed by atoms with Gasteiger partial charge in [-0.25, -0.2) is 9.59 Å². The van der Waals surface area contributed by atoms with Crippen molar-refractivity contribution < 1.29 is 24.5 Å². The first-order valence-corrected chi connectivity index (χ1v) is 7.01. The van der Waals surface area contributed by atoms with Crippen LogP contribution in [-0.2, 0) is 16.0 Å². The van der Waals surface area contributed by atoms with Gasteiger partial charge in [0.1, 0.15) is 17.4 Å². The molecule has 1 aromatic carbocycles. The van der Waals surface area contributed by atoms with Crippen LogP contribution in [0.3, 0.4) is 0 Å². The number of carboxylic acid groups (broad SMARTS) is 1. The van der Waals surface area contributed by atoms with Crippen molar-refractivity contribution in [2.24, 2.45) is 0 Å². The van der Waals surface area contributed by atoms with Crippen molar-refractivity contribution in [2.45, 2.75) is 52.7 Å². The van der Waals surface area contributed by atoms with E-state index >= 15 is 0 Å². The third-order valence-corrected chi connectivity index (χ3v) is 3.07. The molecular weight excluding hydrogens is 286 g/mol. The van der Waals surface area contributed by atoms with E-state index < -0.39 is 23.7 Å². The molecule has 1 amide bonds. The highest BCUT2D eigenvalue weighted by molar-refractivity contribution is 5.80. The summed E-state index contributed by atoms with van der Waals surface area (Å²) in [6, 6.07) is 2.20. The van der Waals surface area contributed by atoms with Crippen molar-refractivity contribution >= 4 is 12.1 Å². The van der Waals surface area contributed by atoms with Crippen molar-refractivity contribution in [3.05, 3.63) is 28.8 Å². The topological polar surface area (TPSA) is 95.9 Å². The Morgan fingerprint density at radius 1 is 1.23 bits per heavy atom. The minimum Gasteiger partial charge on any atom is -0.508 e. The molecule has 122 valence electrons. The zero-order chi connectivity index (χ0) is 17.1. The molecule has 6 heteroatoms. The number of amides is 1. The van der Waals surface area contributed by atoms with Crippen LogP contribution in [0, 0.1) is 13.8 Å². The molecule has 1 aromatic rings. The maximum atomic E-state index is 11.7. The van der Waals surface area contributed by atoms with Crippen molar-refractivity contribution in [3.63, 3.8) is 0 Å². The van der Waals surface area contributed by atoms with Gasteiger partial charge in [-0.1, -0.05) is 6.07 Å². The highest BCUT2D eigenvalue weighted by Gasteiger charge is 2.24. The summed E-state index contributed by atoms with van der Waals surface area (Å²) < 4.78 is 5.08. The molecule has 1 atom stereocenters. The number of phenolic OH excluding ortho intramolecular Hbond substituents is 1. The maximum Gasteiger partial charge on any atom is 0.408 e. The van der Waals surface area contributed by atoms with Gasteiger partial charge in [-0.15, -0.1) is 0 Å². The number of hydrogen-bond acceptors (Lipinski definition) is 4. The summed E-state index contributed by atoms with van der Waals surface area (Å²) in [4.78, 5) is 23.1. The van der Waals surface area contributed by atoms with Crippen LogP contribution in [-0.4, -0.2) is 33.9 Å². The summed E-state index contributed by atoms with van der Waals surface area (Å²) in [6.07, 6.45) is -0.658. The number of alkyl carbamates (subject to hydrolysis) is 1. The van der Waals surface area contributed by atoms with Crippen molar-refractivity contribution in [1.82, 2.24) is 5.32 Å². The maximum absolute atomic E-state index is 11.7. The molecule has 0 aromatic heterocycles. The quantitative estimate of drug-likeness (QED) is 0.794. The lowest BCUT2D eigenvalue weighted by molar-refractivity contribution is -0.139. The molecular formula is C16H23NO5. The minimum atomic E-state index is -1.14. The first-order chi connectivity index (χ1) is 9.99. The molecule has 0 radical (unpaired) electrons. The van der Waals surface area contributed by atoms with Crippen LogP contribution in [0.1, 0.15) is 37.5 Å². The number of aromatic hydroxyl groups is 1. The highest BCUT2D eigenvalue weighted by atomic mass is 16.6. The van der Waals surface area contributed by atoms with Gasteiger partial charge in [-0.05, 0) is 57.4 Å². The Balaban J connectivity index is 2.88. The second-order valence-electron chi connectivity index (χ2n) is 6.31. The molecule has 0 aliphatic heterocycles. The summed E-state index contributed by atoms with van der Waals surface area (Å²) in [5.41, 5.74) is 1.47. The van der Waals surface area contributed by atoms with Crippen LogP contribution in [0.4, 0.5) is 4.79 Å². The number of carbonyl (C=O) groups is 2. The molecule has 0 unspecified atom stereocenters. The van der Waals surface area contributed by atoms with Gasteiger partial charge in [-0.3, -0.25) is 0 Å². The summed E-state index contributed by atoms with van der Waals surface area (Å²) in [7, 11) is 0. The van der Waals surface area contributed by atoms with E-state index in [1.807, 2.05) is 0 Å². The molecule has 0 saturated carbocycles. The van der Waals surface area contributed by atoms with E-state index in [1.165, 1.54) is 0 Å². The predicted octanol–water partition coefficient (Wildman–Crippen LogP) is 2.53. The molecule has 22 heavy (non-hydrogen) atoms. The molecule has 0 heterocycles. The monoisotopic (exact) mass is 309 g/mol. The van der Waals surface area contributed by atoms with Gasteiger partial charge in [0.25, 0.3) is 0 Å². The normalized spacial score (nSPS) is 12.6. The molecule has 0 aliphatic rings. The summed E-state index contributed by atoms with van der Waals surface area (Å²) >= 11 is 0. The van der Waals surface area contributed by atoms with E-state index in [0.717, 1.165) is 11.1 Å². The van der Waals surface area contributed by atoms with Crippen molar-refractivity contribution in [3.8, 4) is 5.75 Å². The number of phenols is 1. The zero-order valence-corrected chi connectivity index (χ0v) is 13.6. The molecule has 0 bridgehead atoms. The first-order valence-electron chi connectivity index (χ1n) is 7.01. The molecule has 0 saturated heterocycles. The van der Waals surface area contributed by atoms with E-state index in [2.05, 4.69) is 5.32 Å². The van der Waals surface area contributed by atoms with Crippen LogP contribution in [0.15, 0.2) is 12.1 Å². The summed E-state index contributed by atoms with van der Waals surface area (Å²) in [6.45, 7) is 8.62. The number of carbonyl (C=O) groups excluding carboxylic acids is 1. The lowest BCUT2D eigenvalue weighted by atomic mass is 9.98. The number of hydrogen-bond donors (Lipinski definition) is 3. The Labute approximate surface area is 130 Å². The average Bonchev–Trinajstić information content (AvgIpc) is 2.32. The van der Waals surface area contributed by atoms with Crippen LogP contribution < -0.4 is 5.32 Å². The Kier molecular flexibility index (Phi) is 5.41. The van der Waals surface area contributed by atoms with Gasteiger partial charge >= 0.3 is 12.1 Å². The number of aryl methyl sites for hydroxylation is 2. The predicted molar refractivity (Wildman–Crippen MR) is 82.1 cm³/mol. The van der Waals surface area contributed by atoms with Crippen LogP contribution in [0.2, 0.25) is 0 Å². The largest absolute Gasteiger partial charge is 0.508 e. The minimum absolute atomic E-state index is 0.113. The number of nitrogens with one attached hydrogen (secondary N) is 1. The van der Waals surface area contributed by atoms with Gasteiger partial charge < -0.3 is 20.3 Å². The van der Waals surface area contributed by atoms with Gasteiger partial charge in [-0.2, -0.15) is 0 Å². The fourth-order valence-corrected chi connectivity index (χ4v) is 1.95. The summed E-state index contributed by atoms with van der Waals surface area (Å²) in [5.74, 6) is -0.982. The summed E-state index contributed by atoms with van der Waals surface area (Å²) in [5, 5.41) is 21.3. The lowest BCUT2D eigenvalue weighted by Crippen LogP contribution is -2.44. The Morgan fingerprint density at radius 3 is 2.32 bits per heavy atom. The Morgan fingerprint density at radius 2 is 1.82 bits per heavy atom. The Hall–Kier alpha value is -2.24. The standard InChI is InChI=1S/C16H23NO5/c1-9-7-13(18)10(2)6-11(9)8-12(14(19)20)17-15(21)22-16(3,4)5/h6-7,12,18H,8H2,1-5H3,(H,17,21)(H,19,20)/t12-/m0/s1. The Bertz CT molecular complexity index is 575. The van der Waals surface area contributed by atoms with Gasteiger partial charge in [0, 0.05) is 6.42 Å². The number of carboxylic acids is 1. The van der Waals surface area contributed by atoms with E-state index in [-0.39, 0.29) is 12.2 Å². The molecule has 0 fully saturated rings. The molecule has 3 N–H and O–H groups in total. The second-order valence-corrected chi connectivity index (χ2v) is 6.31. The molecule has 0 aliphatic carbocycles. The number of ether oxygens (including phenoxy) is 1. The van der Waals surface area contributed by atoms with E-state index in [1.54, 1.807) is 46.8 Å².